The second kappa shape index (κ2) is 5.92. The highest BCUT2D eigenvalue weighted by Gasteiger charge is 2.24. The summed E-state index contributed by atoms with van der Waals surface area (Å²) in [7, 11) is 0. The van der Waals surface area contributed by atoms with Crippen molar-refractivity contribution in [3.8, 4) is 0 Å². The molecule has 1 heterocycles. The van der Waals surface area contributed by atoms with E-state index < -0.39 is 0 Å². The molecule has 0 amide bonds. The molecule has 0 bridgehead atoms. The Bertz CT molecular complexity index is 659. The van der Waals surface area contributed by atoms with E-state index in [-0.39, 0.29) is 11.8 Å². The molecular weight excluding hydrogens is 260 g/mol. The van der Waals surface area contributed by atoms with Gasteiger partial charge < -0.3 is 5.73 Å². The Kier molecular flexibility index (Phi) is 3.82. The van der Waals surface area contributed by atoms with Crippen LogP contribution in [0.3, 0.4) is 0 Å². The van der Waals surface area contributed by atoms with Gasteiger partial charge in [-0.2, -0.15) is 0 Å². The van der Waals surface area contributed by atoms with Crippen LogP contribution in [0.5, 0.6) is 0 Å². The van der Waals surface area contributed by atoms with Crippen molar-refractivity contribution >= 4 is 17.2 Å². The third-order valence-corrected chi connectivity index (χ3v) is 3.79. The number of hydrogen-bond donors (Lipinski definition) is 1. The van der Waals surface area contributed by atoms with E-state index in [1.165, 1.54) is 5.56 Å². The van der Waals surface area contributed by atoms with E-state index in [1.54, 1.807) is 0 Å². The van der Waals surface area contributed by atoms with Crippen molar-refractivity contribution in [3.63, 3.8) is 0 Å². The molecule has 0 fully saturated rings. The molecule has 0 saturated carbocycles. The van der Waals surface area contributed by atoms with Gasteiger partial charge in [-0.05, 0) is 30.5 Å². The zero-order valence-electron chi connectivity index (χ0n) is 11.8. The van der Waals surface area contributed by atoms with Gasteiger partial charge in [-0.3, -0.25) is 9.79 Å². The number of hydrogen-bond acceptors (Lipinski definition) is 3. The number of ketones is 1. The third kappa shape index (κ3) is 3.19. The summed E-state index contributed by atoms with van der Waals surface area (Å²) < 4.78 is 0. The summed E-state index contributed by atoms with van der Waals surface area (Å²) >= 11 is 0. The van der Waals surface area contributed by atoms with Crippen LogP contribution in [0.1, 0.15) is 28.8 Å². The zero-order valence-corrected chi connectivity index (χ0v) is 11.8. The van der Waals surface area contributed by atoms with Crippen LogP contribution in [0, 0.1) is 0 Å². The number of Topliss-reactive ketones (excluding diaryl/α,β-unsaturated/α-hetero) is 1. The Morgan fingerprint density at radius 2 is 1.81 bits per heavy atom. The summed E-state index contributed by atoms with van der Waals surface area (Å²) in [5.41, 5.74) is 9.50. The fourth-order valence-corrected chi connectivity index (χ4v) is 2.64. The summed E-state index contributed by atoms with van der Waals surface area (Å²) in [6.45, 7) is 0. The molecule has 0 spiro atoms. The first kappa shape index (κ1) is 13.6. The van der Waals surface area contributed by atoms with Gasteiger partial charge >= 0.3 is 0 Å². The van der Waals surface area contributed by atoms with Crippen molar-refractivity contribution in [2.45, 2.75) is 25.3 Å². The lowest BCUT2D eigenvalue weighted by Gasteiger charge is -2.05. The summed E-state index contributed by atoms with van der Waals surface area (Å²) in [5.74, 6) is 0.128. The number of nitrogen functional groups attached to an aromatic ring is 1. The first-order valence-electron chi connectivity index (χ1n) is 7.21. The van der Waals surface area contributed by atoms with Crippen LogP contribution in [0.2, 0.25) is 0 Å². The number of aliphatic imine (C=N–C) groups is 1. The minimum Gasteiger partial charge on any atom is -0.399 e. The second-order valence-corrected chi connectivity index (χ2v) is 5.40. The van der Waals surface area contributed by atoms with Crippen LogP contribution in [-0.2, 0) is 6.42 Å². The van der Waals surface area contributed by atoms with Gasteiger partial charge in [0.05, 0.1) is 0 Å². The van der Waals surface area contributed by atoms with Crippen LogP contribution < -0.4 is 5.73 Å². The molecule has 0 saturated heterocycles. The number of benzene rings is 2. The summed E-state index contributed by atoms with van der Waals surface area (Å²) in [6.07, 6.45) is 2.52. The molecule has 1 aliphatic heterocycles. The minimum atomic E-state index is -0.212. The number of rotatable bonds is 4. The average Bonchev–Trinajstić information content (AvgIpc) is 2.98. The van der Waals surface area contributed by atoms with E-state index in [0.29, 0.717) is 0 Å². The average molecular weight is 278 g/mol. The molecule has 0 aromatic heterocycles. The smallest absolute Gasteiger partial charge is 0.187 e. The summed E-state index contributed by atoms with van der Waals surface area (Å²) in [4.78, 5) is 17.0. The molecule has 106 valence electrons. The molecule has 2 aromatic rings. The van der Waals surface area contributed by atoms with Gasteiger partial charge in [-0.25, -0.2) is 0 Å². The van der Waals surface area contributed by atoms with Gasteiger partial charge in [-0.15, -0.1) is 0 Å². The highest BCUT2D eigenvalue weighted by Crippen LogP contribution is 2.20. The number of nitrogens with two attached hydrogens (primary N) is 1. The van der Waals surface area contributed by atoms with E-state index in [1.807, 2.05) is 54.6 Å². The maximum Gasteiger partial charge on any atom is 0.187 e. The van der Waals surface area contributed by atoms with E-state index in [4.69, 9.17) is 5.73 Å². The molecular formula is C18H18N2O. The van der Waals surface area contributed by atoms with Gasteiger partial charge in [0.25, 0.3) is 0 Å². The lowest BCUT2D eigenvalue weighted by molar-refractivity contribution is 0.0962. The molecule has 0 unspecified atom stereocenters. The lowest BCUT2D eigenvalue weighted by Crippen LogP contribution is -2.15. The number of carbonyl (C=O) groups is 1. The Morgan fingerprint density at radius 1 is 1.10 bits per heavy atom. The van der Waals surface area contributed by atoms with Crippen molar-refractivity contribution in [2.24, 2.45) is 4.99 Å². The lowest BCUT2D eigenvalue weighted by atomic mass is 10.0. The summed E-state index contributed by atoms with van der Waals surface area (Å²) in [6, 6.07) is 17.0. The molecule has 2 aromatic carbocycles. The maximum absolute atomic E-state index is 12.4. The van der Waals surface area contributed by atoms with Crippen LogP contribution in [0.15, 0.2) is 59.6 Å². The van der Waals surface area contributed by atoms with Crippen molar-refractivity contribution in [1.29, 1.82) is 0 Å². The SMILES string of the molecule is Nc1ccc(CC2=N[C@@H](C(=O)c3ccccc3)CC2)cc1. The van der Waals surface area contributed by atoms with E-state index in [9.17, 15) is 4.79 Å². The van der Waals surface area contributed by atoms with Crippen LogP contribution in [0.4, 0.5) is 5.69 Å². The number of nitrogens with zero attached hydrogens (tertiary/aromatic N) is 1. The quantitative estimate of drug-likeness (QED) is 0.689. The second-order valence-electron chi connectivity index (χ2n) is 5.40. The topological polar surface area (TPSA) is 55.4 Å². The molecule has 0 aliphatic carbocycles. The van der Waals surface area contributed by atoms with Crippen molar-refractivity contribution in [3.05, 3.63) is 65.7 Å². The van der Waals surface area contributed by atoms with Crippen LogP contribution in [0.25, 0.3) is 0 Å². The van der Waals surface area contributed by atoms with Gasteiger partial charge in [0.1, 0.15) is 6.04 Å². The normalized spacial score (nSPS) is 17.5. The molecule has 21 heavy (non-hydrogen) atoms. The van der Waals surface area contributed by atoms with E-state index >= 15 is 0 Å². The van der Waals surface area contributed by atoms with Crippen LogP contribution >= 0.6 is 0 Å². The fraction of sp³-hybridized carbons (Fsp3) is 0.222. The Labute approximate surface area is 124 Å². The number of carbonyl (C=O) groups excluding carboxylic acids is 1. The largest absolute Gasteiger partial charge is 0.399 e. The third-order valence-electron chi connectivity index (χ3n) is 3.79. The van der Waals surface area contributed by atoms with Crippen molar-refractivity contribution in [1.82, 2.24) is 0 Å². The molecule has 2 N–H and O–H groups in total. The van der Waals surface area contributed by atoms with Crippen LogP contribution in [-0.4, -0.2) is 17.5 Å². The molecule has 3 heteroatoms. The van der Waals surface area contributed by atoms with Gasteiger partial charge in [0, 0.05) is 23.4 Å². The standard InChI is InChI=1S/C18H18N2O/c19-15-8-6-13(7-9-15)12-16-10-11-17(20-16)18(21)14-4-2-1-3-5-14/h1-9,17H,10-12,19H2/t17-/m1/s1. The molecule has 3 nitrogen and oxygen atoms in total. The molecule has 1 atom stereocenters. The maximum atomic E-state index is 12.4. The predicted molar refractivity (Wildman–Crippen MR) is 85.8 cm³/mol. The Morgan fingerprint density at radius 3 is 2.52 bits per heavy atom. The molecule has 1 aliphatic rings. The van der Waals surface area contributed by atoms with E-state index in [0.717, 1.165) is 36.2 Å². The zero-order chi connectivity index (χ0) is 14.7. The molecule has 3 rings (SSSR count). The fourth-order valence-electron chi connectivity index (χ4n) is 2.64. The first-order chi connectivity index (χ1) is 10.2. The van der Waals surface area contributed by atoms with Gasteiger partial charge in [0.2, 0.25) is 0 Å². The highest BCUT2D eigenvalue weighted by molar-refractivity contribution is 6.03. The van der Waals surface area contributed by atoms with Crippen molar-refractivity contribution in [2.75, 3.05) is 5.73 Å². The van der Waals surface area contributed by atoms with E-state index in [2.05, 4.69) is 4.99 Å². The predicted octanol–water partition coefficient (Wildman–Crippen LogP) is 3.30. The van der Waals surface area contributed by atoms with Gasteiger partial charge in [-0.1, -0.05) is 42.5 Å². The highest BCUT2D eigenvalue weighted by atomic mass is 16.1. The minimum absolute atomic E-state index is 0.128. The van der Waals surface area contributed by atoms with Crippen molar-refractivity contribution < 1.29 is 4.79 Å². The Balaban J connectivity index is 1.69. The van der Waals surface area contributed by atoms with Gasteiger partial charge in [0.15, 0.2) is 5.78 Å². The number of anilines is 1. The Hall–Kier alpha value is -2.42. The first-order valence-corrected chi connectivity index (χ1v) is 7.21. The molecule has 0 radical (unpaired) electrons. The monoisotopic (exact) mass is 278 g/mol. The summed E-state index contributed by atoms with van der Waals surface area (Å²) in [5, 5.41) is 0.